The normalized spacial score (nSPS) is 17.2. The van der Waals surface area contributed by atoms with Gasteiger partial charge < -0.3 is 5.32 Å². The predicted molar refractivity (Wildman–Crippen MR) is 100 cm³/mol. The van der Waals surface area contributed by atoms with E-state index in [4.69, 9.17) is 0 Å². The number of amides is 1. The monoisotopic (exact) mass is 402 g/mol. The molecule has 9 heteroatoms. The van der Waals surface area contributed by atoms with Gasteiger partial charge >= 0.3 is 0 Å². The lowest BCUT2D eigenvalue weighted by molar-refractivity contribution is 0.0938. The number of sulfone groups is 1. The molecule has 1 saturated heterocycles. The molecule has 1 aliphatic rings. The summed E-state index contributed by atoms with van der Waals surface area (Å²) < 4.78 is 49.2. The van der Waals surface area contributed by atoms with Crippen molar-refractivity contribution in [2.75, 3.05) is 31.6 Å². The van der Waals surface area contributed by atoms with Gasteiger partial charge in [0.15, 0.2) is 9.84 Å². The number of nitrogens with one attached hydrogen (secondary N) is 1. The second kappa shape index (κ2) is 8.49. The Hall–Kier alpha value is -1.45. The first-order valence-electron chi connectivity index (χ1n) is 8.70. The number of rotatable bonds is 7. The molecule has 0 unspecified atom stereocenters. The van der Waals surface area contributed by atoms with Crippen molar-refractivity contribution in [3.8, 4) is 0 Å². The molecule has 1 aromatic carbocycles. The summed E-state index contributed by atoms with van der Waals surface area (Å²) in [5.74, 6) is -0.233. The van der Waals surface area contributed by atoms with E-state index in [2.05, 4.69) is 5.32 Å². The van der Waals surface area contributed by atoms with Crippen molar-refractivity contribution in [1.82, 2.24) is 9.62 Å². The number of carbonyl (C=O) groups excluding carboxylic acids is 1. The van der Waals surface area contributed by atoms with Gasteiger partial charge in [-0.15, -0.1) is 0 Å². The molecule has 26 heavy (non-hydrogen) atoms. The highest BCUT2D eigenvalue weighted by Gasteiger charge is 2.26. The molecule has 0 aromatic heterocycles. The van der Waals surface area contributed by atoms with E-state index in [9.17, 15) is 21.6 Å². The highest BCUT2D eigenvalue weighted by atomic mass is 32.2. The lowest BCUT2D eigenvalue weighted by Gasteiger charge is -2.30. The van der Waals surface area contributed by atoms with Crippen molar-refractivity contribution < 1.29 is 21.6 Å². The Morgan fingerprint density at radius 3 is 2.35 bits per heavy atom. The maximum absolute atomic E-state index is 12.5. The second-order valence-corrected chi connectivity index (χ2v) is 10.7. The van der Waals surface area contributed by atoms with Crippen LogP contribution in [0.15, 0.2) is 29.2 Å². The van der Waals surface area contributed by atoms with E-state index in [1.165, 1.54) is 22.7 Å². The van der Waals surface area contributed by atoms with Gasteiger partial charge in [0.25, 0.3) is 5.91 Å². The quantitative estimate of drug-likeness (QED) is 0.740. The van der Waals surface area contributed by atoms with E-state index in [-0.39, 0.29) is 22.1 Å². The van der Waals surface area contributed by atoms with Gasteiger partial charge in [0, 0.05) is 19.6 Å². The average molecular weight is 403 g/mol. The Morgan fingerprint density at radius 1 is 1.15 bits per heavy atom. The van der Waals surface area contributed by atoms with Crippen LogP contribution in [0.2, 0.25) is 0 Å². The summed E-state index contributed by atoms with van der Waals surface area (Å²) >= 11 is 0. The zero-order valence-corrected chi connectivity index (χ0v) is 16.8. The molecule has 1 aliphatic heterocycles. The van der Waals surface area contributed by atoms with Crippen molar-refractivity contribution in [3.05, 3.63) is 29.8 Å². The SMILES string of the molecule is CCCS(=O)(=O)c1ccccc1C(=O)NCC1CCN(S(C)(=O)=O)CC1. The molecule has 1 aromatic rings. The standard InChI is InChI=1S/C17H26N2O5S2/c1-3-12-26(23,24)16-7-5-4-6-15(16)17(20)18-13-14-8-10-19(11-9-14)25(2,21)22/h4-7,14H,3,8-13H2,1-2H3,(H,18,20). The van der Waals surface area contributed by atoms with Gasteiger partial charge in [-0.05, 0) is 37.3 Å². The molecule has 7 nitrogen and oxygen atoms in total. The molecule has 146 valence electrons. The van der Waals surface area contributed by atoms with Crippen LogP contribution in [0.3, 0.4) is 0 Å². The molecule has 0 spiro atoms. The number of carbonyl (C=O) groups is 1. The first kappa shape index (κ1) is 20.9. The molecule has 1 amide bonds. The van der Waals surface area contributed by atoms with E-state index in [0.717, 1.165) is 0 Å². The topological polar surface area (TPSA) is 101 Å². The van der Waals surface area contributed by atoms with Crippen LogP contribution in [0.25, 0.3) is 0 Å². The highest BCUT2D eigenvalue weighted by molar-refractivity contribution is 7.91. The smallest absolute Gasteiger partial charge is 0.252 e. The fraction of sp³-hybridized carbons (Fsp3) is 0.588. The Balaban J connectivity index is 2.00. The minimum atomic E-state index is -3.49. The molecule has 1 N–H and O–H groups in total. The molecule has 0 atom stereocenters. The average Bonchev–Trinajstić information content (AvgIpc) is 2.59. The number of benzene rings is 1. The number of hydrogen-bond donors (Lipinski definition) is 1. The Morgan fingerprint density at radius 2 is 1.77 bits per heavy atom. The lowest BCUT2D eigenvalue weighted by Crippen LogP contribution is -2.41. The number of nitrogens with zero attached hydrogens (tertiary/aromatic N) is 1. The van der Waals surface area contributed by atoms with Gasteiger partial charge in [-0.1, -0.05) is 19.1 Å². The van der Waals surface area contributed by atoms with Crippen molar-refractivity contribution in [3.63, 3.8) is 0 Å². The third kappa shape index (κ3) is 5.28. The number of hydrogen-bond acceptors (Lipinski definition) is 5. The fourth-order valence-electron chi connectivity index (χ4n) is 3.08. The zero-order chi connectivity index (χ0) is 19.4. The van der Waals surface area contributed by atoms with Gasteiger partial charge in [-0.25, -0.2) is 21.1 Å². The zero-order valence-electron chi connectivity index (χ0n) is 15.1. The summed E-state index contributed by atoms with van der Waals surface area (Å²) in [6.45, 7) is 3.07. The van der Waals surface area contributed by atoms with E-state index in [1.807, 2.05) is 0 Å². The molecule has 0 bridgehead atoms. The lowest BCUT2D eigenvalue weighted by atomic mass is 9.98. The van der Waals surface area contributed by atoms with Crippen LogP contribution in [0, 0.1) is 5.92 Å². The molecule has 0 saturated carbocycles. The Labute approximate surface area is 155 Å². The summed E-state index contributed by atoms with van der Waals surface area (Å²) in [5, 5.41) is 2.81. The maximum Gasteiger partial charge on any atom is 0.252 e. The Bertz CT molecular complexity index is 842. The van der Waals surface area contributed by atoms with Crippen LogP contribution in [0.5, 0.6) is 0 Å². The van der Waals surface area contributed by atoms with E-state index >= 15 is 0 Å². The largest absolute Gasteiger partial charge is 0.352 e. The number of piperidine rings is 1. The van der Waals surface area contributed by atoms with Gasteiger partial charge in [0.1, 0.15) is 0 Å². The van der Waals surface area contributed by atoms with E-state index < -0.39 is 25.8 Å². The highest BCUT2D eigenvalue weighted by Crippen LogP contribution is 2.20. The van der Waals surface area contributed by atoms with Gasteiger partial charge in [-0.3, -0.25) is 4.79 Å². The molecular formula is C17H26N2O5S2. The van der Waals surface area contributed by atoms with Crippen molar-refractivity contribution >= 4 is 25.8 Å². The van der Waals surface area contributed by atoms with Crippen LogP contribution in [0.1, 0.15) is 36.5 Å². The van der Waals surface area contributed by atoms with Crippen molar-refractivity contribution in [2.24, 2.45) is 5.92 Å². The van der Waals surface area contributed by atoms with Crippen molar-refractivity contribution in [1.29, 1.82) is 0 Å². The van der Waals surface area contributed by atoms with Gasteiger partial charge in [0.2, 0.25) is 10.0 Å². The minimum absolute atomic E-state index is 0.00123. The molecule has 2 rings (SSSR count). The third-order valence-corrected chi connectivity index (χ3v) is 7.81. The Kier molecular flexibility index (Phi) is 6.81. The molecular weight excluding hydrogens is 376 g/mol. The second-order valence-electron chi connectivity index (χ2n) is 6.63. The molecule has 0 aliphatic carbocycles. The minimum Gasteiger partial charge on any atom is -0.352 e. The summed E-state index contributed by atoms with van der Waals surface area (Å²) in [6.07, 6.45) is 3.02. The van der Waals surface area contributed by atoms with Crippen LogP contribution in [-0.4, -0.2) is 58.7 Å². The maximum atomic E-state index is 12.5. The summed E-state index contributed by atoms with van der Waals surface area (Å²) in [4.78, 5) is 12.6. The molecule has 0 radical (unpaired) electrons. The molecule has 1 heterocycles. The van der Waals surface area contributed by atoms with E-state index in [0.29, 0.717) is 38.9 Å². The van der Waals surface area contributed by atoms with Gasteiger partial charge in [-0.2, -0.15) is 0 Å². The third-order valence-electron chi connectivity index (χ3n) is 4.53. The van der Waals surface area contributed by atoms with E-state index in [1.54, 1.807) is 19.1 Å². The van der Waals surface area contributed by atoms with Crippen LogP contribution >= 0.6 is 0 Å². The molecule has 1 fully saturated rings. The van der Waals surface area contributed by atoms with Crippen molar-refractivity contribution in [2.45, 2.75) is 31.1 Å². The van der Waals surface area contributed by atoms with Crippen LogP contribution < -0.4 is 5.32 Å². The van der Waals surface area contributed by atoms with Gasteiger partial charge in [0.05, 0.1) is 22.5 Å². The summed E-state index contributed by atoms with van der Waals surface area (Å²) in [7, 11) is -6.66. The number of sulfonamides is 1. The fourth-order valence-corrected chi connectivity index (χ4v) is 5.49. The predicted octanol–water partition coefficient (Wildman–Crippen LogP) is 1.27. The first-order valence-corrected chi connectivity index (χ1v) is 12.2. The van der Waals surface area contributed by atoms with Crippen LogP contribution in [-0.2, 0) is 19.9 Å². The summed E-state index contributed by atoms with van der Waals surface area (Å²) in [5.41, 5.74) is 0.162. The summed E-state index contributed by atoms with van der Waals surface area (Å²) in [6, 6.07) is 6.24. The first-order chi connectivity index (χ1) is 12.1. The van der Waals surface area contributed by atoms with Crippen LogP contribution in [0.4, 0.5) is 0 Å².